The molecule has 0 aromatic carbocycles. The van der Waals surface area contributed by atoms with Gasteiger partial charge < -0.3 is 0 Å². The Labute approximate surface area is 147 Å². The third-order valence-electron chi connectivity index (χ3n) is 8.06. The van der Waals surface area contributed by atoms with Crippen molar-refractivity contribution in [3.8, 4) is 0 Å². The molecule has 2 nitrogen and oxygen atoms in total. The van der Waals surface area contributed by atoms with Gasteiger partial charge >= 0.3 is 0 Å². The van der Waals surface area contributed by atoms with Gasteiger partial charge in [0, 0.05) is 11.8 Å². The molecule has 24 heavy (non-hydrogen) atoms. The molecule has 4 fully saturated rings. The van der Waals surface area contributed by atoms with Crippen LogP contribution in [0.4, 0.5) is 0 Å². The number of carbonyl (C=O) groups is 2. The van der Waals surface area contributed by atoms with E-state index in [9.17, 15) is 9.59 Å². The summed E-state index contributed by atoms with van der Waals surface area (Å²) in [5.41, 5.74) is 0. The average molecular weight is 331 g/mol. The van der Waals surface area contributed by atoms with Gasteiger partial charge in [-0.1, -0.05) is 57.8 Å². The minimum Gasteiger partial charge on any atom is -0.291 e. The molecular formula is C22H34O2. The van der Waals surface area contributed by atoms with Crippen molar-refractivity contribution < 1.29 is 9.59 Å². The van der Waals surface area contributed by atoms with Gasteiger partial charge in [-0.25, -0.2) is 0 Å². The number of hydrogen-bond acceptors (Lipinski definition) is 2. The molecule has 0 spiro atoms. The van der Waals surface area contributed by atoms with E-state index < -0.39 is 0 Å². The third-order valence-corrected chi connectivity index (χ3v) is 8.06. The SMILES string of the molecule is O=C(C(=O)C1CCCC2CCCCC21)C1CCC2CCCCC2C1. The van der Waals surface area contributed by atoms with Gasteiger partial charge in [0.1, 0.15) is 0 Å². The molecule has 134 valence electrons. The Morgan fingerprint density at radius 1 is 0.542 bits per heavy atom. The smallest absolute Gasteiger partial charge is 0.202 e. The van der Waals surface area contributed by atoms with Crippen molar-refractivity contribution in [2.24, 2.45) is 35.5 Å². The molecule has 0 amide bonds. The van der Waals surface area contributed by atoms with Crippen molar-refractivity contribution in [2.45, 2.75) is 89.9 Å². The summed E-state index contributed by atoms with van der Waals surface area (Å²) in [5.74, 6) is 3.11. The summed E-state index contributed by atoms with van der Waals surface area (Å²) in [6.45, 7) is 0. The lowest BCUT2D eigenvalue weighted by Gasteiger charge is -2.42. The molecule has 0 aromatic rings. The Balaban J connectivity index is 1.41. The lowest BCUT2D eigenvalue weighted by Crippen LogP contribution is -2.42. The fraction of sp³-hybridized carbons (Fsp3) is 0.909. The number of fused-ring (bicyclic) bond motifs is 2. The van der Waals surface area contributed by atoms with Crippen LogP contribution < -0.4 is 0 Å². The van der Waals surface area contributed by atoms with Crippen molar-refractivity contribution in [1.29, 1.82) is 0 Å². The van der Waals surface area contributed by atoms with Gasteiger partial charge in [0.15, 0.2) is 0 Å². The van der Waals surface area contributed by atoms with E-state index in [-0.39, 0.29) is 23.4 Å². The highest BCUT2D eigenvalue weighted by Crippen LogP contribution is 2.46. The molecule has 0 saturated heterocycles. The van der Waals surface area contributed by atoms with Crippen LogP contribution in [0.5, 0.6) is 0 Å². The van der Waals surface area contributed by atoms with E-state index in [0.29, 0.717) is 5.92 Å². The van der Waals surface area contributed by atoms with Crippen LogP contribution in [0.2, 0.25) is 0 Å². The van der Waals surface area contributed by atoms with Crippen LogP contribution in [0, 0.1) is 35.5 Å². The summed E-state index contributed by atoms with van der Waals surface area (Å²) in [5, 5.41) is 0. The Kier molecular flexibility index (Phi) is 5.10. The predicted molar refractivity (Wildman–Crippen MR) is 95.6 cm³/mol. The van der Waals surface area contributed by atoms with E-state index in [1.165, 1.54) is 70.6 Å². The van der Waals surface area contributed by atoms with Crippen LogP contribution in [-0.4, -0.2) is 11.6 Å². The summed E-state index contributed by atoms with van der Waals surface area (Å²) in [6.07, 6.45) is 17.2. The first-order chi connectivity index (χ1) is 11.7. The van der Waals surface area contributed by atoms with Gasteiger partial charge in [-0.15, -0.1) is 0 Å². The molecule has 0 radical (unpaired) electrons. The number of ketones is 2. The Hall–Kier alpha value is -0.660. The molecule has 4 aliphatic carbocycles. The van der Waals surface area contributed by atoms with Crippen molar-refractivity contribution in [3.63, 3.8) is 0 Å². The minimum atomic E-state index is 0.0373. The van der Waals surface area contributed by atoms with Crippen LogP contribution in [0.15, 0.2) is 0 Å². The molecule has 0 heterocycles. The highest BCUT2D eigenvalue weighted by Gasteiger charge is 2.43. The maximum atomic E-state index is 13.1. The normalized spacial score (nSPS) is 42.7. The highest BCUT2D eigenvalue weighted by atomic mass is 16.2. The quantitative estimate of drug-likeness (QED) is 0.655. The Bertz CT molecular complexity index is 480. The second-order valence-corrected chi connectivity index (χ2v) is 9.29. The topological polar surface area (TPSA) is 34.1 Å². The third kappa shape index (κ3) is 3.22. The van der Waals surface area contributed by atoms with Gasteiger partial charge in [-0.05, 0) is 55.8 Å². The molecule has 6 unspecified atom stereocenters. The summed E-state index contributed by atoms with van der Waals surface area (Å²) < 4.78 is 0. The first-order valence-electron chi connectivity index (χ1n) is 10.8. The fourth-order valence-corrected chi connectivity index (χ4v) is 6.76. The molecular weight excluding hydrogens is 296 g/mol. The van der Waals surface area contributed by atoms with Crippen LogP contribution in [-0.2, 0) is 9.59 Å². The monoisotopic (exact) mass is 330 g/mol. The first-order valence-corrected chi connectivity index (χ1v) is 10.8. The largest absolute Gasteiger partial charge is 0.291 e. The zero-order valence-corrected chi connectivity index (χ0v) is 15.2. The van der Waals surface area contributed by atoms with Crippen LogP contribution in [0.1, 0.15) is 89.9 Å². The molecule has 4 rings (SSSR count). The van der Waals surface area contributed by atoms with E-state index in [4.69, 9.17) is 0 Å². The minimum absolute atomic E-state index is 0.0373. The molecule has 4 aliphatic rings. The van der Waals surface area contributed by atoms with Crippen LogP contribution in [0.25, 0.3) is 0 Å². The number of hydrogen-bond donors (Lipinski definition) is 0. The number of rotatable bonds is 3. The van der Waals surface area contributed by atoms with Crippen molar-refractivity contribution >= 4 is 11.6 Å². The van der Waals surface area contributed by atoms with Crippen molar-refractivity contribution in [1.82, 2.24) is 0 Å². The fourth-order valence-electron chi connectivity index (χ4n) is 6.76. The predicted octanol–water partition coefficient (Wildman–Crippen LogP) is 5.34. The average Bonchev–Trinajstić information content (AvgIpc) is 2.66. The Morgan fingerprint density at radius 3 is 2.04 bits per heavy atom. The second kappa shape index (κ2) is 7.30. The standard InChI is InChI=1S/C22H34O2/c23-21(18-13-12-15-6-1-2-8-17(15)14-18)22(24)20-11-5-9-16-7-3-4-10-19(16)20/h15-20H,1-14H2. The summed E-state index contributed by atoms with van der Waals surface area (Å²) >= 11 is 0. The van der Waals surface area contributed by atoms with E-state index in [1.54, 1.807) is 0 Å². The second-order valence-electron chi connectivity index (χ2n) is 9.29. The van der Waals surface area contributed by atoms with Gasteiger partial charge in [0.05, 0.1) is 0 Å². The number of carbonyl (C=O) groups excluding carboxylic acids is 2. The van der Waals surface area contributed by atoms with E-state index in [2.05, 4.69) is 0 Å². The summed E-state index contributed by atoms with van der Waals surface area (Å²) in [4.78, 5) is 26.1. The van der Waals surface area contributed by atoms with Crippen LogP contribution in [0.3, 0.4) is 0 Å². The van der Waals surface area contributed by atoms with Crippen molar-refractivity contribution in [3.05, 3.63) is 0 Å². The maximum absolute atomic E-state index is 13.1. The lowest BCUT2D eigenvalue weighted by atomic mass is 9.62. The molecule has 2 heteroatoms. The molecule has 0 N–H and O–H groups in total. The summed E-state index contributed by atoms with van der Waals surface area (Å²) in [6, 6.07) is 0. The Morgan fingerprint density at radius 2 is 1.21 bits per heavy atom. The van der Waals surface area contributed by atoms with Gasteiger partial charge in [-0.2, -0.15) is 0 Å². The van der Waals surface area contributed by atoms with Gasteiger partial charge in [0.2, 0.25) is 11.6 Å². The zero-order valence-electron chi connectivity index (χ0n) is 15.2. The van der Waals surface area contributed by atoms with E-state index >= 15 is 0 Å². The van der Waals surface area contributed by atoms with Crippen LogP contribution >= 0.6 is 0 Å². The maximum Gasteiger partial charge on any atom is 0.202 e. The molecule has 0 bridgehead atoms. The lowest BCUT2D eigenvalue weighted by molar-refractivity contribution is -0.145. The summed E-state index contributed by atoms with van der Waals surface area (Å²) in [7, 11) is 0. The highest BCUT2D eigenvalue weighted by molar-refractivity contribution is 6.38. The van der Waals surface area contributed by atoms with Gasteiger partial charge in [0.25, 0.3) is 0 Å². The zero-order chi connectivity index (χ0) is 16.5. The van der Waals surface area contributed by atoms with Gasteiger partial charge in [-0.3, -0.25) is 9.59 Å². The van der Waals surface area contributed by atoms with E-state index in [0.717, 1.165) is 37.0 Å². The molecule has 6 atom stereocenters. The number of Topliss-reactive ketones (excluding diaryl/α,β-unsaturated/α-hetero) is 2. The molecule has 0 aliphatic heterocycles. The molecule has 0 aromatic heterocycles. The van der Waals surface area contributed by atoms with Crippen molar-refractivity contribution in [2.75, 3.05) is 0 Å². The van der Waals surface area contributed by atoms with E-state index in [1.807, 2.05) is 0 Å². The molecule has 4 saturated carbocycles. The first kappa shape index (κ1) is 16.8.